The van der Waals surface area contributed by atoms with E-state index >= 15 is 0 Å². The van der Waals surface area contributed by atoms with Crippen LogP contribution in [0.4, 0.5) is 8.78 Å². The second kappa shape index (κ2) is 9.26. The summed E-state index contributed by atoms with van der Waals surface area (Å²) in [6, 6.07) is 9.57. The van der Waals surface area contributed by atoms with Gasteiger partial charge >= 0.3 is 0 Å². The number of hydrogen-bond acceptors (Lipinski definition) is 4. The maximum absolute atomic E-state index is 14.7. The van der Waals surface area contributed by atoms with E-state index in [4.69, 9.17) is 0 Å². The van der Waals surface area contributed by atoms with Crippen molar-refractivity contribution in [2.45, 2.75) is 19.9 Å². The van der Waals surface area contributed by atoms with Crippen molar-refractivity contribution in [3.05, 3.63) is 71.3 Å². The van der Waals surface area contributed by atoms with Crippen LogP contribution in [0.3, 0.4) is 0 Å². The molecule has 0 saturated carbocycles. The topological polar surface area (TPSA) is 57.7 Å². The van der Waals surface area contributed by atoms with Gasteiger partial charge in [-0.05, 0) is 43.4 Å². The molecule has 30 heavy (non-hydrogen) atoms. The second-order valence-electron chi connectivity index (χ2n) is 7.20. The summed E-state index contributed by atoms with van der Waals surface area (Å²) in [4.78, 5) is 42.2. The summed E-state index contributed by atoms with van der Waals surface area (Å²) in [5.41, 5.74) is 0.228. The number of ketones is 2. The Kier molecular flexibility index (Phi) is 6.72. The van der Waals surface area contributed by atoms with Gasteiger partial charge in [0.05, 0.1) is 6.04 Å². The Balaban J connectivity index is 2.02. The van der Waals surface area contributed by atoms with Crippen molar-refractivity contribution in [3.63, 3.8) is 0 Å². The maximum Gasteiger partial charge on any atom is 0.291 e. The first-order chi connectivity index (χ1) is 14.4. The number of carbonyl (C=O) groups excluding carboxylic acids is 3. The summed E-state index contributed by atoms with van der Waals surface area (Å²) >= 11 is 0. The van der Waals surface area contributed by atoms with Gasteiger partial charge in [0, 0.05) is 24.2 Å². The van der Waals surface area contributed by atoms with Crippen LogP contribution < -0.4 is 0 Å². The van der Waals surface area contributed by atoms with E-state index < -0.39 is 41.1 Å². The molecule has 1 fully saturated rings. The van der Waals surface area contributed by atoms with Gasteiger partial charge in [-0.15, -0.1) is 0 Å². The molecule has 0 N–H and O–H groups in total. The second-order valence-corrected chi connectivity index (χ2v) is 7.20. The molecule has 1 aliphatic heterocycles. The number of hydrogen-bond donors (Lipinski definition) is 0. The molecule has 2 unspecified atom stereocenters. The minimum absolute atomic E-state index is 0.106. The smallest absolute Gasteiger partial charge is 0.291 e. The molecule has 2 aromatic rings. The van der Waals surface area contributed by atoms with Crippen molar-refractivity contribution < 1.29 is 23.2 Å². The number of nitrogens with zero attached hydrogens (tertiary/aromatic N) is 2. The van der Waals surface area contributed by atoms with E-state index in [2.05, 4.69) is 4.90 Å². The van der Waals surface area contributed by atoms with Crippen LogP contribution in [0.15, 0.2) is 48.5 Å². The van der Waals surface area contributed by atoms with Crippen LogP contribution in [-0.2, 0) is 9.59 Å². The lowest BCUT2D eigenvalue weighted by Crippen LogP contribution is -2.38. The highest BCUT2D eigenvalue weighted by molar-refractivity contribution is 6.44. The molecule has 1 amide bonds. The van der Waals surface area contributed by atoms with Crippen molar-refractivity contribution in [2.75, 3.05) is 26.2 Å². The number of carbonyl (C=O) groups is 3. The van der Waals surface area contributed by atoms with Gasteiger partial charge in [0.2, 0.25) is 5.78 Å². The lowest BCUT2D eigenvalue weighted by Gasteiger charge is -2.29. The summed E-state index contributed by atoms with van der Waals surface area (Å²) in [5, 5.41) is 0. The first-order valence-corrected chi connectivity index (χ1v) is 10.00. The first kappa shape index (κ1) is 21.8. The fraction of sp³-hybridized carbons (Fsp3) is 0.348. The fourth-order valence-electron chi connectivity index (χ4n) is 3.87. The van der Waals surface area contributed by atoms with E-state index in [9.17, 15) is 23.2 Å². The van der Waals surface area contributed by atoms with Gasteiger partial charge in [0.15, 0.2) is 5.78 Å². The molecular weight excluding hydrogens is 390 g/mol. The van der Waals surface area contributed by atoms with Crippen LogP contribution in [0.2, 0.25) is 0 Å². The molecular formula is C23H24F2N2O3. The summed E-state index contributed by atoms with van der Waals surface area (Å²) in [6.45, 7) is 6.17. The maximum atomic E-state index is 14.7. The SMILES string of the molecule is CCN(CC)CCN1C(=O)C(=O)C(C(=O)c2ccc(F)cc2)C1c1ccccc1F. The highest BCUT2D eigenvalue weighted by Gasteiger charge is 2.52. The van der Waals surface area contributed by atoms with Gasteiger partial charge in [-0.2, -0.15) is 0 Å². The summed E-state index contributed by atoms with van der Waals surface area (Å²) in [7, 11) is 0. The monoisotopic (exact) mass is 414 g/mol. The van der Waals surface area contributed by atoms with Crippen LogP contribution in [0.25, 0.3) is 0 Å². The number of Topliss-reactive ketones (excluding diaryl/α,β-unsaturated/α-hetero) is 2. The summed E-state index contributed by atoms with van der Waals surface area (Å²) in [5.74, 6) is -4.77. The highest BCUT2D eigenvalue weighted by atomic mass is 19.1. The van der Waals surface area contributed by atoms with Gasteiger partial charge in [-0.25, -0.2) is 8.78 Å². The van der Waals surface area contributed by atoms with Gasteiger partial charge in [-0.1, -0.05) is 32.0 Å². The molecule has 0 aliphatic carbocycles. The highest BCUT2D eigenvalue weighted by Crippen LogP contribution is 2.39. The predicted molar refractivity (Wildman–Crippen MR) is 108 cm³/mol. The molecule has 0 aromatic heterocycles. The van der Waals surface area contributed by atoms with Crippen molar-refractivity contribution >= 4 is 17.5 Å². The molecule has 5 nitrogen and oxygen atoms in total. The Morgan fingerprint density at radius 2 is 1.63 bits per heavy atom. The molecule has 3 rings (SSSR count). The quantitative estimate of drug-likeness (QED) is 0.378. The Labute approximate surface area is 174 Å². The predicted octanol–water partition coefficient (Wildman–Crippen LogP) is 3.26. The average molecular weight is 414 g/mol. The zero-order valence-electron chi connectivity index (χ0n) is 17.0. The Morgan fingerprint density at radius 1 is 1.00 bits per heavy atom. The molecule has 158 valence electrons. The number of rotatable bonds is 8. The third-order valence-electron chi connectivity index (χ3n) is 5.59. The van der Waals surface area contributed by atoms with Crippen molar-refractivity contribution in [1.29, 1.82) is 0 Å². The van der Waals surface area contributed by atoms with Crippen LogP contribution in [0, 0.1) is 17.6 Å². The van der Waals surface area contributed by atoms with Gasteiger partial charge in [0.25, 0.3) is 5.91 Å². The standard InChI is InChI=1S/C23H24F2N2O3/c1-3-26(4-2)13-14-27-20(17-7-5-6-8-18(17)25)19(22(29)23(27)30)21(28)15-9-11-16(24)12-10-15/h5-12,19-20H,3-4,13-14H2,1-2H3. The van der Waals surface area contributed by atoms with E-state index in [1.807, 2.05) is 13.8 Å². The molecule has 0 bridgehead atoms. The van der Waals surface area contributed by atoms with E-state index in [-0.39, 0.29) is 17.7 Å². The average Bonchev–Trinajstić information content (AvgIpc) is 2.99. The Morgan fingerprint density at radius 3 is 2.23 bits per heavy atom. The number of likely N-dealkylation sites (tertiary alicyclic amines) is 1. The minimum Gasteiger partial charge on any atom is -0.326 e. The number of halogens is 2. The summed E-state index contributed by atoms with van der Waals surface area (Å²) < 4.78 is 27.9. The third kappa shape index (κ3) is 4.16. The third-order valence-corrected chi connectivity index (χ3v) is 5.59. The molecule has 1 aliphatic rings. The van der Waals surface area contributed by atoms with E-state index in [0.29, 0.717) is 6.54 Å². The van der Waals surface area contributed by atoms with Gasteiger partial charge < -0.3 is 9.80 Å². The fourth-order valence-corrected chi connectivity index (χ4v) is 3.87. The normalized spacial score (nSPS) is 19.0. The summed E-state index contributed by atoms with van der Waals surface area (Å²) in [6.07, 6.45) is 0. The van der Waals surface area contributed by atoms with Crippen LogP contribution in [0.5, 0.6) is 0 Å². The molecule has 0 spiro atoms. The van der Waals surface area contributed by atoms with Crippen LogP contribution in [-0.4, -0.2) is 53.5 Å². The molecule has 7 heteroatoms. The number of amides is 1. The lowest BCUT2D eigenvalue weighted by molar-refractivity contribution is -0.140. The Bertz CT molecular complexity index is 942. The number of likely N-dealkylation sites (N-methyl/N-ethyl adjacent to an activating group) is 1. The van der Waals surface area contributed by atoms with Gasteiger partial charge in [0.1, 0.15) is 17.6 Å². The van der Waals surface area contributed by atoms with Crippen molar-refractivity contribution in [3.8, 4) is 0 Å². The zero-order chi connectivity index (χ0) is 21.8. The largest absolute Gasteiger partial charge is 0.326 e. The molecule has 0 radical (unpaired) electrons. The van der Waals surface area contributed by atoms with E-state index in [1.165, 1.54) is 35.2 Å². The van der Waals surface area contributed by atoms with Crippen LogP contribution >= 0.6 is 0 Å². The Hall–Kier alpha value is -2.93. The van der Waals surface area contributed by atoms with Crippen molar-refractivity contribution in [2.24, 2.45) is 5.92 Å². The molecule has 2 aromatic carbocycles. The lowest BCUT2D eigenvalue weighted by atomic mass is 9.86. The van der Waals surface area contributed by atoms with E-state index in [0.717, 1.165) is 25.2 Å². The minimum atomic E-state index is -1.38. The van der Waals surface area contributed by atoms with Crippen LogP contribution in [0.1, 0.15) is 35.8 Å². The molecule has 2 atom stereocenters. The molecule has 1 saturated heterocycles. The van der Waals surface area contributed by atoms with E-state index in [1.54, 1.807) is 6.07 Å². The van der Waals surface area contributed by atoms with Crippen molar-refractivity contribution in [1.82, 2.24) is 9.80 Å². The van der Waals surface area contributed by atoms with Gasteiger partial charge in [-0.3, -0.25) is 14.4 Å². The molecule has 1 heterocycles. The number of benzene rings is 2. The first-order valence-electron chi connectivity index (χ1n) is 10.00. The zero-order valence-corrected chi connectivity index (χ0v) is 17.0.